The van der Waals surface area contributed by atoms with E-state index in [2.05, 4.69) is 44.5 Å². The number of hydrogen-bond acceptors (Lipinski definition) is 4. The molecule has 5 rings (SSSR count). The molecule has 8 heteroatoms. The highest BCUT2D eigenvalue weighted by molar-refractivity contribution is 9.09. The molecule has 3 aliphatic heterocycles. The number of carbonyl (C=O) groups excluding carboxylic acids is 1. The van der Waals surface area contributed by atoms with E-state index in [1.807, 2.05) is 31.3 Å². The van der Waals surface area contributed by atoms with Gasteiger partial charge >= 0.3 is 0 Å². The third kappa shape index (κ3) is 4.45. The summed E-state index contributed by atoms with van der Waals surface area (Å²) in [6, 6.07) is 8.83. The van der Waals surface area contributed by atoms with Crippen LogP contribution in [0, 0.1) is 11.8 Å². The molecule has 1 N–H and O–H groups in total. The molecule has 3 fully saturated rings. The van der Waals surface area contributed by atoms with Gasteiger partial charge in [0.05, 0.1) is 19.7 Å². The molecule has 3 aliphatic rings. The number of rotatable bonds is 7. The lowest BCUT2D eigenvalue weighted by atomic mass is 9.76. The molecule has 1 aromatic heterocycles. The van der Waals surface area contributed by atoms with E-state index in [-0.39, 0.29) is 12.0 Å². The number of fused-ring (bicyclic) bond motifs is 4. The van der Waals surface area contributed by atoms with Crippen LogP contribution in [0.2, 0.25) is 19.1 Å². The fourth-order valence-electron chi connectivity index (χ4n) is 4.87. The fourth-order valence-corrected chi connectivity index (χ4v) is 7.14. The highest BCUT2D eigenvalue weighted by Crippen LogP contribution is 2.37. The van der Waals surface area contributed by atoms with Crippen molar-refractivity contribution in [2.24, 2.45) is 18.9 Å². The third-order valence-corrected chi connectivity index (χ3v) is 13.4. The van der Waals surface area contributed by atoms with E-state index in [1.165, 1.54) is 25.9 Å². The van der Waals surface area contributed by atoms with Crippen LogP contribution in [-0.4, -0.2) is 59.4 Å². The molecule has 2 bridgehead atoms. The molecular weight excluding hydrogens is 448 g/mol. The van der Waals surface area contributed by atoms with Gasteiger partial charge in [0.15, 0.2) is 5.69 Å². The van der Waals surface area contributed by atoms with Crippen LogP contribution < -0.4 is 5.48 Å². The lowest BCUT2D eigenvalue weighted by molar-refractivity contribution is -0.0833. The second-order valence-corrected chi connectivity index (χ2v) is 16.1. The summed E-state index contributed by atoms with van der Waals surface area (Å²) in [7, 11) is 0.421. The molecular formula is C21H31BrN4O2Si. The quantitative estimate of drug-likeness (QED) is 0.375. The number of nitrogens with zero attached hydrogens (tertiary/aromatic N) is 3. The fraction of sp³-hybridized carbons (Fsp3) is 0.619. The largest absolute Gasteiger partial charge is 0.303 e. The Bertz CT molecular complexity index is 879. The molecule has 2 atom stereocenters. The summed E-state index contributed by atoms with van der Waals surface area (Å²) < 4.78 is 1.75. The minimum atomic E-state index is -1.44. The highest BCUT2D eigenvalue weighted by Gasteiger charge is 2.41. The summed E-state index contributed by atoms with van der Waals surface area (Å²) in [5.74, 6) is 0.938. The van der Waals surface area contributed by atoms with Gasteiger partial charge in [0.2, 0.25) is 0 Å². The van der Waals surface area contributed by atoms with Gasteiger partial charge in [0.1, 0.15) is 0 Å². The number of para-hydroxylation sites is 1. The van der Waals surface area contributed by atoms with Gasteiger partial charge in [-0.1, -0.05) is 47.2 Å². The average Bonchev–Trinajstić information content (AvgIpc) is 3.08. The van der Waals surface area contributed by atoms with Crippen LogP contribution in [0.1, 0.15) is 23.3 Å². The Morgan fingerprint density at radius 2 is 2.07 bits per heavy atom. The first-order chi connectivity index (χ1) is 13.9. The van der Waals surface area contributed by atoms with Crippen molar-refractivity contribution in [1.82, 2.24) is 20.2 Å². The predicted molar refractivity (Wildman–Crippen MR) is 122 cm³/mol. The number of benzene rings is 1. The number of alkyl halides is 1. The molecule has 4 heterocycles. The van der Waals surface area contributed by atoms with Crippen molar-refractivity contribution in [2.75, 3.05) is 24.6 Å². The first kappa shape index (κ1) is 21.0. The molecule has 1 amide bonds. The van der Waals surface area contributed by atoms with E-state index in [0.29, 0.717) is 17.5 Å². The van der Waals surface area contributed by atoms with Gasteiger partial charge in [-0.15, -0.1) is 0 Å². The van der Waals surface area contributed by atoms with Gasteiger partial charge < -0.3 is 4.90 Å². The van der Waals surface area contributed by atoms with Gasteiger partial charge in [-0.05, 0) is 48.9 Å². The average molecular weight is 479 g/mol. The molecule has 0 radical (unpaired) electrons. The Labute approximate surface area is 182 Å². The maximum absolute atomic E-state index is 12.9. The van der Waals surface area contributed by atoms with Crippen LogP contribution in [-0.2, 0) is 11.9 Å². The molecule has 0 aliphatic carbocycles. The number of hydrogen-bond donors (Lipinski definition) is 1. The number of aromatic nitrogens is 2. The zero-order valence-electron chi connectivity index (χ0n) is 17.5. The Morgan fingerprint density at radius 3 is 2.72 bits per heavy atom. The number of hydroxylamine groups is 1. The van der Waals surface area contributed by atoms with Crippen molar-refractivity contribution in [2.45, 2.75) is 38.1 Å². The van der Waals surface area contributed by atoms with Crippen LogP contribution >= 0.6 is 15.9 Å². The van der Waals surface area contributed by atoms with E-state index < -0.39 is 8.07 Å². The minimum Gasteiger partial charge on any atom is -0.303 e. The maximum Gasteiger partial charge on any atom is 0.295 e. The Hall–Kier alpha value is -1.22. The van der Waals surface area contributed by atoms with Crippen LogP contribution in [0.25, 0.3) is 10.9 Å². The van der Waals surface area contributed by atoms with E-state index in [4.69, 9.17) is 4.84 Å². The molecule has 29 heavy (non-hydrogen) atoms. The van der Waals surface area contributed by atoms with Gasteiger partial charge in [0.25, 0.3) is 5.91 Å². The van der Waals surface area contributed by atoms with Gasteiger partial charge in [-0.3, -0.25) is 14.3 Å². The number of halogens is 1. The van der Waals surface area contributed by atoms with Gasteiger partial charge in [0, 0.05) is 24.9 Å². The predicted octanol–water partition coefficient (Wildman–Crippen LogP) is 3.59. The number of nitrogens with one attached hydrogen (secondary N) is 1. The second kappa shape index (κ2) is 8.49. The molecule has 1 aromatic carbocycles. The lowest BCUT2D eigenvalue weighted by Crippen LogP contribution is -2.54. The summed E-state index contributed by atoms with van der Waals surface area (Å²) >= 11 is 3.71. The first-order valence-corrected chi connectivity index (χ1v) is 15.1. The molecule has 1 unspecified atom stereocenters. The van der Waals surface area contributed by atoms with Crippen molar-refractivity contribution in [3.05, 3.63) is 30.0 Å². The van der Waals surface area contributed by atoms with E-state index >= 15 is 0 Å². The number of amides is 1. The zero-order chi connectivity index (χ0) is 20.6. The van der Waals surface area contributed by atoms with Crippen LogP contribution in [0.5, 0.6) is 0 Å². The summed E-state index contributed by atoms with van der Waals surface area (Å²) in [6.07, 6.45) is 2.56. The van der Waals surface area contributed by atoms with Crippen molar-refractivity contribution in [1.29, 1.82) is 0 Å². The van der Waals surface area contributed by atoms with Crippen molar-refractivity contribution >= 4 is 40.8 Å². The summed E-state index contributed by atoms with van der Waals surface area (Å²) in [4.78, 5) is 22.7. The topological polar surface area (TPSA) is 59.4 Å². The van der Waals surface area contributed by atoms with Crippen molar-refractivity contribution in [3.63, 3.8) is 0 Å². The van der Waals surface area contributed by atoms with Gasteiger partial charge in [-0.25, -0.2) is 5.48 Å². The maximum atomic E-state index is 12.9. The normalized spacial score (nSPS) is 25.3. The summed E-state index contributed by atoms with van der Waals surface area (Å²) in [5, 5.41) is 5.28. The molecule has 3 saturated heterocycles. The smallest absolute Gasteiger partial charge is 0.295 e. The SMILES string of the molecule is Cn1nc(C(=O)NOC(C[Si](C)(C)CBr)[C@@H]2CN3CCC2CC3)c2ccccc21. The van der Waals surface area contributed by atoms with E-state index in [1.54, 1.807) is 4.68 Å². The van der Waals surface area contributed by atoms with Crippen molar-refractivity contribution < 1.29 is 9.63 Å². The highest BCUT2D eigenvalue weighted by atomic mass is 79.9. The van der Waals surface area contributed by atoms with Crippen LogP contribution in [0.4, 0.5) is 0 Å². The lowest BCUT2D eigenvalue weighted by Gasteiger charge is -2.48. The molecule has 0 spiro atoms. The van der Waals surface area contributed by atoms with Crippen LogP contribution in [0.3, 0.4) is 0 Å². The van der Waals surface area contributed by atoms with Crippen LogP contribution in [0.15, 0.2) is 24.3 Å². The molecule has 0 saturated carbocycles. The molecule has 2 aromatic rings. The van der Waals surface area contributed by atoms with Gasteiger partial charge in [-0.2, -0.15) is 5.10 Å². The monoisotopic (exact) mass is 478 g/mol. The molecule has 6 nitrogen and oxygen atoms in total. The van der Waals surface area contributed by atoms with E-state index in [0.717, 1.165) is 28.4 Å². The standard InChI is InChI=1S/C21H31BrN4O2Si/c1-25-18-7-5-4-6-16(18)20(23-25)21(27)24-28-19(13-29(2,3)14-22)17-12-26-10-8-15(17)9-11-26/h4-7,15,17,19H,8-14H2,1-3H3,(H,24,27)/t17-,19?/m1/s1. The minimum absolute atomic E-state index is 0.0567. The Morgan fingerprint density at radius 1 is 1.34 bits per heavy atom. The zero-order valence-corrected chi connectivity index (χ0v) is 20.1. The third-order valence-electron chi connectivity index (χ3n) is 6.58. The van der Waals surface area contributed by atoms with Crippen molar-refractivity contribution in [3.8, 4) is 0 Å². The van der Waals surface area contributed by atoms with E-state index in [9.17, 15) is 4.79 Å². The first-order valence-electron chi connectivity index (χ1n) is 10.5. The Kier molecular flexibility index (Phi) is 6.16. The second-order valence-electron chi connectivity index (χ2n) is 9.38. The number of piperidine rings is 3. The molecule has 158 valence electrons. The number of aryl methyl sites for hydroxylation is 1. The number of carbonyl (C=O) groups is 1. The summed E-state index contributed by atoms with van der Waals surface area (Å²) in [5.41, 5.74) is 4.15. The summed E-state index contributed by atoms with van der Waals surface area (Å²) in [6.45, 7) is 8.27. The Balaban J connectivity index is 1.50.